The third-order valence-electron chi connectivity index (χ3n) is 1.95. The van der Waals surface area contributed by atoms with Crippen LogP contribution < -0.4 is 5.73 Å². The zero-order valence-electron chi connectivity index (χ0n) is 8.34. The van der Waals surface area contributed by atoms with Gasteiger partial charge in [-0.3, -0.25) is 4.79 Å². The van der Waals surface area contributed by atoms with Gasteiger partial charge in [-0.2, -0.15) is 0 Å². The molecule has 0 saturated heterocycles. The van der Waals surface area contributed by atoms with Crippen molar-refractivity contribution in [2.24, 2.45) is 11.7 Å². The topological polar surface area (TPSA) is 46.3 Å². The number of carbonyl (C=O) groups is 1. The summed E-state index contributed by atoms with van der Waals surface area (Å²) in [5.74, 6) is 0.360. The molecule has 0 saturated carbocycles. The molecule has 3 nitrogen and oxygen atoms in total. The van der Waals surface area contributed by atoms with Crippen molar-refractivity contribution in [1.29, 1.82) is 0 Å². The van der Waals surface area contributed by atoms with E-state index in [0.29, 0.717) is 0 Å². The molecule has 12 heavy (non-hydrogen) atoms. The lowest BCUT2D eigenvalue weighted by atomic mass is 10.0. The standard InChI is InChI=1S/C9H20N2O/c1-8(6-4-5-7-10)9(12)11(2)3/h8H,4-7,10H2,1-3H3/t8-/m0/s1. The molecule has 72 valence electrons. The van der Waals surface area contributed by atoms with Crippen LogP contribution in [-0.2, 0) is 4.79 Å². The van der Waals surface area contributed by atoms with Crippen LogP contribution in [0.15, 0.2) is 0 Å². The van der Waals surface area contributed by atoms with E-state index in [4.69, 9.17) is 5.73 Å². The van der Waals surface area contributed by atoms with Crippen molar-refractivity contribution in [2.75, 3.05) is 20.6 Å². The van der Waals surface area contributed by atoms with Crippen molar-refractivity contribution in [3.63, 3.8) is 0 Å². The molecule has 0 bridgehead atoms. The highest BCUT2D eigenvalue weighted by molar-refractivity contribution is 5.77. The van der Waals surface area contributed by atoms with E-state index in [-0.39, 0.29) is 11.8 Å². The quantitative estimate of drug-likeness (QED) is 0.625. The second kappa shape index (κ2) is 6.00. The van der Waals surface area contributed by atoms with Gasteiger partial charge < -0.3 is 10.6 Å². The first-order chi connectivity index (χ1) is 5.59. The number of nitrogens with two attached hydrogens (primary N) is 1. The van der Waals surface area contributed by atoms with Gasteiger partial charge in [0.05, 0.1) is 0 Å². The summed E-state index contributed by atoms with van der Waals surface area (Å²) in [6.07, 6.45) is 3.02. The van der Waals surface area contributed by atoms with E-state index in [9.17, 15) is 4.79 Å². The van der Waals surface area contributed by atoms with Gasteiger partial charge in [0.2, 0.25) is 5.91 Å². The van der Waals surface area contributed by atoms with Crippen LogP contribution in [0.2, 0.25) is 0 Å². The molecule has 0 radical (unpaired) electrons. The van der Waals surface area contributed by atoms with Crippen LogP contribution in [0.5, 0.6) is 0 Å². The summed E-state index contributed by atoms with van der Waals surface area (Å²) in [7, 11) is 3.59. The lowest BCUT2D eigenvalue weighted by Crippen LogP contribution is -2.27. The number of rotatable bonds is 5. The Balaban J connectivity index is 3.57. The maximum absolute atomic E-state index is 11.3. The molecule has 0 unspecified atom stereocenters. The summed E-state index contributed by atoms with van der Waals surface area (Å²) >= 11 is 0. The van der Waals surface area contributed by atoms with E-state index < -0.39 is 0 Å². The molecular weight excluding hydrogens is 152 g/mol. The molecule has 0 fully saturated rings. The smallest absolute Gasteiger partial charge is 0.224 e. The van der Waals surface area contributed by atoms with Crippen LogP contribution in [0.3, 0.4) is 0 Å². The van der Waals surface area contributed by atoms with Gasteiger partial charge >= 0.3 is 0 Å². The van der Waals surface area contributed by atoms with Gasteiger partial charge in [0, 0.05) is 20.0 Å². The molecule has 0 aromatic carbocycles. The first-order valence-electron chi connectivity index (χ1n) is 4.50. The number of amides is 1. The van der Waals surface area contributed by atoms with Crippen molar-refractivity contribution in [3.05, 3.63) is 0 Å². The number of hydrogen-bond donors (Lipinski definition) is 1. The van der Waals surface area contributed by atoms with Crippen molar-refractivity contribution in [2.45, 2.75) is 26.2 Å². The molecule has 0 rings (SSSR count). The molecule has 1 atom stereocenters. The minimum absolute atomic E-state index is 0.145. The maximum Gasteiger partial charge on any atom is 0.224 e. The fourth-order valence-corrected chi connectivity index (χ4v) is 1.16. The lowest BCUT2D eigenvalue weighted by molar-refractivity contribution is -0.132. The largest absolute Gasteiger partial charge is 0.349 e. The Morgan fingerprint density at radius 2 is 2.00 bits per heavy atom. The monoisotopic (exact) mass is 172 g/mol. The number of carbonyl (C=O) groups excluding carboxylic acids is 1. The van der Waals surface area contributed by atoms with Crippen molar-refractivity contribution in [1.82, 2.24) is 4.90 Å². The lowest BCUT2D eigenvalue weighted by Gasteiger charge is -2.16. The Morgan fingerprint density at radius 1 is 1.42 bits per heavy atom. The zero-order valence-corrected chi connectivity index (χ0v) is 8.34. The van der Waals surface area contributed by atoms with Crippen LogP contribution in [-0.4, -0.2) is 31.4 Å². The van der Waals surface area contributed by atoms with Gasteiger partial charge in [0.25, 0.3) is 0 Å². The van der Waals surface area contributed by atoms with E-state index >= 15 is 0 Å². The molecule has 0 heterocycles. The number of hydrogen-bond acceptors (Lipinski definition) is 2. The Labute approximate surface area is 74.9 Å². The van der Waals surface area contributed by atoms with Crippen molar-refractivity contribution in [3.8, 4) is 0 Å². The van der Waals surface area contributed by atoms with E-state index in [2.05, 4.69) is 0 Å². The summed E-state index contributed by atoms with van der Waals surface area (Å²) in [5.41, 5.74) is 5.36. The fraction of sp³-hybridized carbons (Fsp3) is 0.889. The van der Waals surface area contributed by atoms with Crippen LogP contribution in [0, 0.1) is 5.92 Å². The molecule has 0 aliphatic rings. The van der Waals surface area contributed by atoms with Crippen LogP contribution in [0.4, 0.5) is 0 Å². The highest BCUT2D eigenvalue weighted by Gasteiger charge is 2.13. The normalized spacial score (nSPS) is 12.7. The number of unbranched alkanes of at least 4 members (excludes halogenated alkanes) is 1. The van der Waals surface area contributed by atoms with E-state index in [1.165, 1.54) is 0 Å². The first kappa shape index (κ1) is 11.4. The summed E-state index contributed by atoms with van der Waals surface area (Å²) in [5, 5.41) is 0. The average Bonchev–Trinajstić information content (AvgIpc) is 2.03. The summed E-state index contributed by atoms with van der Waals surface area (Å²) in [6, 6.07) is 0. The molecule has 1 amide bonds. The van der Waals surface area contributed by atoms with Gasteiger partial charge in [-0.15, -0.1) is 0 Å². The summed E-state index contributed by atoms with van der Waals surface area (Å²) < 4.78 is 0. The van der Waals surface area contributed by atoms with Gasteiger partial charge in [-0.25, -0.2) is 0 Å². The molecule has 0 aromatic heterocycles. The highest BCUT2D eigenvalue weighted by Crippen LogP contribution is 2.09. The van der Waals surface area contributed by atoms with Crippen molar-refractivity contribution < 1.29 is 4.79 Å². The number of nitrogens with zero attached hydrogens (tertiary/aromatic N) is 1. The van der Waals surface area contributed by atoms with E-state index in [1.54, 1.807) is 19.0 Å². The van der Waals surface area contributed by atoms with Crippen LogP contribution in [0.25, 0.3) is 0 Å². The Hall–Kier alpha value is -0.570. The van der Waals surface area contributed by atoms with Gasteiger partial charge in [0.15, 0.2) is 0 Å². The molecular formula is C9H20N2O. The second-order valence-electron chi connectivity index (χ2n) is 3.42. The molecule has 3 heteroatoms. The molecule has 0 aliphatic heterocycles. The minimum atomic E-state index is 0.145. The fourth-order valence-electron chi connectivity index (χ4n) is 1.16. The molecule has 0 aliphatic carbocycles. The minimum Gasteiger partial charge on any atom is -0.349 e. The van der Waals surface area contributed by atoms with Gasteiger partial charge in [0.1, 0.15) is 0 Å². The Kier molecular flexibility index (Phi) is 5.72. The average molecular weight is 172 g/mol. The van der Waals surface area contributed by atoms with Crippen molar-refractivity contribution >= 4 is 5.91 Å². The first-order valence-corrected chi connectivity index (χ1v) is 4.50. The Bertz CT molecular complexity index is 134. The van der Waals surface area contributed by atoms with Gasteiger partial charge in [-0.1, -0.05) is 13.3 Å². The predicted octanol–water partition coefficient (Wildman–Crippen LogP) is 0.840. The van der Waals surface area contributed by atoms with E-state index in [0.717, 1.165) is 25.8 Å². The zero-order chi connectivity index (χ0) is 9.56. The van der Waals surface area contributed by atoms with Crippen LogP contribution in [0.1, 0.15) is 26.2 Å². The maximum atomic E-state index is 11.3. The van der Waals surface area contributed by atoms with E-state index in [1.807, 2.05) is 6.92 Å². The third-order valence-corrected chi connectivity index (χ3v) is 1.95. The third kappa shape index (κ3) is 4.34. The summed E-state index contributed by atoms with van der Waals surface area (Å²) in [4.78, 5) is 13.0. The molecule has 2 N–H and O–H groups in total. The molecule has 0 spiro atoms. The second-order valence-corrected chi connectivity index (χ2v) is 3.42. The SMILES string of the molecule is C[C@@H](CCCCN)C(=O)N(C)C. The predicted molar refractivity (Wildman–Crippen MR) is 50.8 cm³/mol. The highest BCUT2D eigenvalue weighted by atomic mass is 16.2. The Morgan fingerprint density at radius 3 is 2.42 bits per heavy atom. The van der Waals surface area contributed by atoms with Crippen LogP contribution >= 0.6 is 0 Å². The van der Waals surface area contributed by atoms with Gasteiger partial charge in [-0.05, 0) is 19.4 Å². The molecule has 0 aromatic rings. The summed E-state index contributed by atoms with van der Waals surface area (Å²) in [6.45, 7) is 2.70.